The van der Waals surface area contributed by atoms with Crippen LogP contribution in [0, 0.1) is 11.5 Å². The number of amidine groups is 1. The maximum Gasteiger partial charge on any atom is 0.265 e. The molecule has 0 aliphatic rings. The zero-order chi connectivity index (χ0) is 12.0. The molecular formula is C10H9F2N3S. The molecule has 0 radical (unpaired) electrons. The number of alkyl halides is 2. The Morgan fingerprint density at radius 2 is 2.19 bits per heavy atom. The van der Waals surface area contributed by atoms with Crippen molar-refractivity contribution in [1.29, 1.82) is 5.26 Å². The van der Waals surface area contributed by atoms with E-state index in [-0.39, 0.29) is 16.4 Å². The quantitative estimate of drug-likeness (QED) is 0.374. The summed E-state index contributed by atoms with van der Waals surface area (Å²) in [5.74, 6) is 0. The van der Waals surface area contributed by atoms with E-state index in [0.717, 1.165) is 0 Å². The largest absolute Gasteiger partial charge is 0.271 e. The molecule has 0 unspecified atom stereocenters. The van der Waals surface area contributed by atoms with Crippen LogP contribution in [0.25, 0.3) is 0 Å². The lowest BCUT2D eigenvalue weighted by atomic mass is 10.2. The van der Waals surface area contributed by atoms with Gasteiger partial charge >= 0.3 is 0 Å². The molecule has 0 atom stereocenters. The summed E-state index contributed by atoms with van der Waals surface area (Å²) in [5, 5.41) is 11.0. The fourth-order valence-corrected chi connectivity index (χ4v) is 1.39. The van der Waals surface area contributed by atoms with E-state index in [9.17, 15) is 8.78 Å². The summed E-state index contributed by atoms with van der Waals surface area (Å²) in [7, 11) is 0. The molecule has 0 aliphatic carbocycles. The summed E-state index contributed by atoms with van der Waals surface area (Å²) < 4.78 is 25.2. The van der Waals surface area contributed by atoms with Gasteiger partial charge in [0.1, 0.15) is 0 Å². The number of rotatable bonds is 2. The van der Waals surface area contributed by atoms with Gasteiger partial charge in [-0.2, -0.15) is 5.26 Å². The molecule has 1 aromatic rings. The molecular weight excluding hydrogens is 232 g/mol. The second kappa shape index (κ2) is 6.08. The molecule has 1 aromatic carbocycles. The summed E-state index contributed by atoms with van der Waals surface area (Å²) in [5.41, 5.74) is 0.0263. The Labute approximate surface area is 96.2 Å². The van der Waals surface area contributed by atoms with Crippen molar-refractivity contribution >= 4 is 22.6 Å². The molecule has 1 N–H and O–H groups in total. The van der Waals surface area contributed by atoms with E-state index in [1.807, 2.05) is 0 Å². The van der Waals surface area contributed by atoms with E-state index in [1.54, 1.807) is 18.5 Å². The van der Waals surface area contributed by atoms with Gasteiger partial charge in [-0.05, 0) is 12.3 Å². The zero-order valence-corrected chi connectivity index (χ0v) is 9.26. The fourth-order valence-electron chi connectivity index (χ4n) is 1.06. The summed E-state index contributed by atoms with van der Waals surface area (Å²) >= 11 is 1.18. The van der Waals surface area contributed by atoms with Crippen LogP contribution in [0.3, 0.4) is 0 Å². The number of nitriles is 1. The lowest BCUT2D eigenvalue weighted by Gasteiger charge is -2.05. The number of hydrogen-bond acceptors (Lipinski definition) is 3. The predicted molar refractivity (Wildman–Crippen MR) is 60.8 cm³/mol. The van der Waals surface area contributed by atoms with Crippen molar-refractivity contribution in [2.45, 2.75) is 6.43 Å². The van der Waals surface area contributed by atoms with Gasteiger partial charge in [-0.1, -0.05) is 30.0 Å². The van der Waals surface area contributed by atoms with Crippen molar-refractivity contribution in [3.05, 3.63) is 29.8 Å². The van der Waals surface area contributed by atoms with Crippen LogP contribution in [0.4, 0.5) is 14.5 Å². The number of nitrogens with zero attached hydrogens (tertiary/aromatic N) is 2. The lowest BCUT2D eigenvalue weighted by Crippen LogP contribution is -2.12. The molecule has 0 bridgehead atoms. The molecule has 0 heterocycles. The van der Waals surface area contributed by atoms with Gasteiger partial charge in [-0.15, -0.1) is 0 Å². The highest BCUT2D eigenvalue weighted by Crippen LogP contribution is 2.29. The molecule has 0 aromatic heterocycles. The minimum atomic E-state index is -2.58. The van der Waals surface area contributed by atoms with Crippen LogP contribution >= 0.6 is 11.8 Å². The molecule has 0 aliphatic heterocycles. The van der Waals surface area contributed by atoms with Crippen molar-refractivity contribution in [3.63, 3.8) is 0 Å². The predicted octanol–water partition coefficient (Wildman–Crippen LogP) is 3.05. The van der Waals surface area contributed by atoms with E-state index in [4.69, 9.17) is 5.26 Å². The molecule has 6 heteroatoms. The van der Waals surface area contributed by atoms with Gasteiger partial charge in [0.15, 0.2) is 11.4 Å². The number of nitrogens with one attached hydrogen (secondary N) is 1. The van der Waals surface area contributed by atoms with E-state index in [1.165, 1.54) is 30.0 Å². The average molecular weight is 241 g/mol. The van der Waals surface area contributed by atoms with Crippen LogP contribution in [-0.4, -0.2) is 11.4 Å². The van der Waals surface area contributed by atoms with E-state index in [0.29, 0.717) is 0 Å². The number of halogens is 2. The summed E-state index contributed by atoms with van der Waals surface area (Å²) in [4.78, 5) is 3.95. The van der Waals surface area contributed by atoms with Gasteiger partial charge in [0.2, 0.25) is 0 Å². The lowest BCUT2D eigenvalue weighted by molar-refractivity contribution is 0.152. The molecule has 84 valence electrons. The Morgan fingerprint density at radius 1 is 1.50 bits per heavy atom. The van der Waals surface area contributed by atoms with Crippen LogP contribution in [0.2, 0.25) is 0 Å². The third-order valence-corrected chi connectivity index (χ3v) is 2.33. The first-order chi connectivity index (χ1) is 7.69. The van der Waals surface area contributed by atoms with Crippen molar-refractivity contribution in [2.75, 3.05) is 6.26 Å². The molecule has 16 heavy (non-hydrogen) atoms. The second-order valence-electron chi connectivity index (χ2n) is 2.72. The Balaban J connectivity index is 3.08. The van der Waals surface area contributed by atoms with Gasteiger partial charge < -0.3 is 0 Å². The first kappa shape index (κ1) is 12.5. The second-order valence-corrected chi connectivity index (χ2v) is 3.51. The minimum absolute atomic E-state index is 0.145. The highest BCUT2D eigenvalue weighted by atomic mass is 32.2. The Bertz CT molecular complexity index is 426. The number of benzene rings is 1. The summed E-state index contributed by atoms with van der Waals surface area (Å²) in [6.07, 6.45) is 0.823. The molecule has 0 saturated heterocycles. The van der Waals surface area contributed by atoms with Gasteiger partial charge in [0.05, 0.1) is 5.69 Å². The van der Waals surface area contributed by atoms with Crippen LogP contribution < -0.4 is 5.32 Å². The third-order valence-electron chi connectivity index (χ3n) is 1.75. The van der Waals surface area contributed by atoms with Crippen molar-refractivity contribution in [2.24, 2.45) is 4.99 Å². The topological polar surface area (TPSA) is 48.2 Å². The highest BCUT2D eigenvalue weighted by molar-refractivity contribution is 8.13. The number of hydrogen-bond donors (Lipinski definition) is 1. The number of para-hydroxylation sites is 1. The van der Waals surface area contributed by atoms with Gasteiger partial charge in [0.25, 0.3) is 6.43 Å². The normalized spacial score (nSPS) is 11.3. The smallest absolute Gasteiger partial charge is 0.265 e. The first-order valence-electron chi connectivity index (χ1n) is 4.34. The molecule has 1 rings (SSSR count). The van der Waals surface area contributed by atoms with Crippen LogP contribution in [0.5, 0.6) is 0 Å². The molecule has 0 saturated carbocycles. The van der Waals surface area contributed by atoms with Gasteiger partial charge in [-0.25, -0.2) is 13.8 Å². The number of aliphatic imine (C=N–C) groups is 1. The summed E-state index contributed by atoms with van der Waals surface area (Å²) in [6, 6.07) is 5.94. The standard InChI is InChI=1S/C10H9F2N3S/c1-16-10(14-6-13)15-8-5-3-2-4-7(8)9(11)12/h2-5,9H,1H3,(H,14,15). The minimum Gasteiger partial charge on any atom is -0.271 e. The van der Waals surface area contributed by atoms with Crippen molar-refractivity contribution < 1.29 is 8.78 Å². The molecule has 3 nitrogen and oxygen atoms in total. The van der Waals surface area contributed by atoms with E-state index < -0.39 is 6.43 Å². The van der Waals surface area contributed by atoms with E-state index >= 15 is 0 Å². The Hall–Kier alpha value is -1.61. The van der Waals surface area contributed by atoms with Crippen molar-refractivity contribution in [3.8, 4) is 6.19 Å². The van der Waals surface area contributed by atoms with Gasteiger partial charge in [-0.3, -0.25) is 5.32 Å². The maximum absolute atomic E-state index is 12.6. The number of thioether (sulfide) groups is 1. The van der Waals surface area contributed by atoms with Crippen molar-refractivity contribution in [1.82, 2.24) is 5.32 Å². The van der Waals surface area contributed by atoms with Crippen LogP contribution in [0.1, 0.15) is 12.0 Å². The molecule has 0 amide bonds. The molecule has 0 spiro atoms. The molecule has 0 fully saturated rings. The monoisotopic (exact) mass is 241 g/mol. The highest BCUT2D eigenvalue weighted by Gasteiger charge is 2.11. The van der Waals surface area contributed by atoms with Crippen LogP contribution in [-0.2, 0) is 0 Å². The fraction of sp³-hybridized carbons (Fsp3) is 0.200. The van der Waals surface area contributed by atoms with E-state index in [2.05, 4.69) is 10.3 Å². The Morgan fingerprint density at radius 3 is 2.75 bits per heavy atom. The van der Waals surface area contributed by atoms with Gasteiger partial charge in [0, 0.05) is 5.56 Å². The first-order valence-corrected chi connectivity index (χ1v) is 5.56. The SMILES string of the molecule is CSC(=Nc1ccccc1C(F)F)NC#N. The average Bonchev–Trinajstić information content (AvgIpc) is 2.29. The Kier molecular flexibility index (Phi) is 4.73. The summed E-state index contributed by atoms with van der Waals surface area (Å²) in [6.45, 7) is 0. The third kappa shape index (κ3) is 3.21. The maximum atomic E-state index is 12.6. The van der Waals surface area contributed by atoms with Crippen LogP contribution in [0.15, 0.2) is 29.3 Å². The zero-order valence-electron chi connectivity index (χ0n) is 8.45.